The van der Waals surface area contributed by atoms with Crippen LogP contribution in [0, 0.1) is 6.92 Å². The Hall–Kier alpha value is -1.81. The van der Waals surface area contributed by atoms with Gasteiger partial charge in [0.1, 0.15) is 17.5 Å². The summed E-state index contributed by atoms with van der Waals surface area (Å²) < 4.78 is 52.8. The molecule has 0 amide bonds. The van der Waals surface area contributed by atoms with E-state index < -0.39 is 45.9 Å². The molecule has 2 aliphatic heterocycles. The minimum atomic E-state index is -3.80. The summed E-state index contributed by atoms with van der Waals surface area (Å²) in [5.74, 6) is 0. The Balaban J connectivity index is 1.53. The lowest BCUT2D eigenvalue weighted by molar-refractivity contribution is -0.317. The Morgan fingerprint density at radius 3 is 2.34 bits per heavy atom. The van der Waals surface area contributed by atoms with Crippen molar-refractivity contribution in [1.29, 1.82) is 0 Å². The molecule has 0 bridgehead atoms. The molecule has 0 radical (unpaired) electrons. The molecule has 3 aliphatic rings. The van der Waals surface area contributed by atoms with Crippen molar-refractivity contribution in [2.24, 2.45) is 0 Å². The quantitative estimate of drug-likeness (QED) is 0.643. The minimum absolute atomic E-state index is 0.215. The van der Waals surface area contributed by atoms with Gasteiger partial charge < -0.3 is 24.3 Å². The van der Waals surface area contributed by atoms with Crippen molar-refractivity contribution < 1.29 is 27.4 Å². The van der Waals surface area contributed by atoms with E-state index in [0.29, 0.717) is 0 Å². The molecule has 190 valence electrons. The van der Waals surface area contributed by atoms with Gasteiger partial charge in [0.2, 0.25) is 0 Å². The van der Waals surface area contributed by atoms with Gasteiger partial charge in [-0.2, -0.15) is 0 Å². The molecule has 2 heterocycles. The summed E-state index contributed by atoms with van der Waals surface area (Å²) in [6.45, 7) is 2.17. The first-order valence-electron chi connectivity index (χ1n) is 12.5. The Kier molecular flexibility index (Phi) is 7.58. The molecule has 7 nitrogen and oxygen atoms in total. The summed E-state index contributed by atoms with van der Waals surface area (Å²) in [5.41, 5.74) is 1.86. The van der Waals surface area contributed by atoms with E-state index >= 15 is 0 Å². The Morgan fingerprint density at radius 1 is 0.943 bits per heavy atom. The number of rotatable bonds is 6. The van der Waals surface area contributed by atoms with E-state index in [4.69, 9.17) is 18.9 Å². The van der Waals surface area contributed by atoms with Crippen molar-refractivity contribution in [2.75, 3.05) is 13.7 Å². The van der Waals surface area contributed by atoms with Gasteiger partial charge in [-0.15, -0.1) is 0 Å². The largest absolute Gasteiger partial charge is 0.354 e. The highest BCUT2D eigenvalue weighted by Crippen LogP contribution is 2.39. The highest BCUT2D eigenvalue weighted by Gasteiger charge is 2.56. The summed E-state index contributed by atoms with van der Waals surface area (Å²) in [4.78, 5) is 0.283. The molecule has 0 unspecified atom stereocenters. The van der Waals surface area contributed by atoms with Crippen LogP contribution in [0.5, 0.6) is 0 Å². The first-order valence-corrected chi connectivity index (χ1v) is 14.1. The first kappa shape index (κ1) is 24.9. The van der Waals surface area contributed by atoms with Crippen molar-refractivity contribution in [2.45, 2.75) is 86.0 Å². The molecule has 0 aromatic heterocycles. The Bertz CT molecular complexity index is 1070. The number of fused-ring (bicyclic) bond motifs is 1. The SMILES string of the molecule is CO[C@H]1O[C@@H]2CO[C@@H](c3ccccc3)O[C@H]2[C@H](S(=O)(=O)c2ccc(C)cc2)[C@H]1NC1CCCCC1. The van der Waals surface area contributed by atoms with Crippen LogP contribution in [0.2, 0.25) is 0 Å². The molecule has 2 aromatic carbocycles. The number of methoxy groups -OCH3 is 1. The van der Waals surface area contributed by atoms with Gasteiger partial charge in [-0.05, 0) is 31.9 Å². The van der Waals surface area contributed by atoms with Crippen molar-refractivity contribution in [3.63, 3.8) is 0 Å². The third-order valence-electron chi connectivity index (χ3n) is 7.38. The Morgan fingerprint density at radius 2 is 1.66 bits per heavy atom. The molecule has 5 rings (SSSR count). The molecule has 2 saturated heterocycles. The monoisotopic (exact) mass is 501 g/mol. The normalized spacial score (nSPS) is 32.2. The van der Waals surface area contributed by atoms with Gasteiger partial charge in [0.25, 0.3) is 0 Å². The fourth-order valence-corrected chi connectivity index (χ4v) is 7.54. The maximum absolute atomic E-state index is 14.2. The smallest absolute Gasteiger partial charge is 0.185 e. The zero-order chi connectivity index (χ0) is 24.4. The number of ether oxygens (including phenoxy) is 4. The van der Waals surface area contributed by atoms with Crippen LogP contribution in [0.25, 0.3) is 0 Å². The predicted octanol–water partition coefficient (Wildman–Crippen LogP) is 3.91. The minimum Gasteiger partial charge on any atom is -0.354 e. The predicted molar refractivity (Wildman–Crippen MR) is 132 cm³/mol. The van der Waals surface area contributed by atoms with E-state index in [1.54, 1.807) is 19.2 Å². The van der Waals surface area contributed by atoms with E-state index in [0.717, 1.165) is 36.8 Å². The number of sulfone groups is 1. The zero-order valence-corrected chi connectivity index (χ0v) is 21.2. The second-order valence-electron chi connectivity index (χ2n) is 9.81. The van der Waals surface area contributed by atoms with Gasteiger partial charge in [-0.1, -0.05) is 67.3 Å². The standard InChI is InChI=1S/C27H35NO6S/c1-18-13-15-21(16-14-18)35(29,30)25-23(28-20-11-7-4-8-12-20)27(31-2)33-22-17-32-26(34-24(22)25)19-9-5-3-6-10-19/h3,5-6,9-10,13-16,20,22-28H,4,7-8,11-12,17H2,1-2H3/t22-,23-,24-,25-,26-,27+/m1/s1. The van der Waals surface area contributed by atoms with Gasteiger partial charge >= 0.3 is 0 Å². The van der Waals surface area contributed by atoms with Gasteiger partial charge in [0, 0.05) is 18.7 Å². The average molecular weight is 502 g/mol. The lowest BCUT2D eigenvalue weighted by Gasteiger charge is -2.50. The topological polar surface area (TPSA) is 83.1 Å². The third-order valence-corrected chi connectivity index (χ3v) is 9.59. The summed E-state index contributed by atoms with van der Waals surface area (Å²) >= 11 is 0. The van der Waals surface area contributed by atoms with E-state index in [2.05, 4.69) is 5.32 Å². The highest BCUT2D eigenvalue weighted by molar-refractivity contribution is 7.92. The fourth-order valence-electron chi connectivity index (χ4n) is 5.53. The summed E-state index contributed by atoms with van der Waals surface area (Å²) in [6, 6.07) is 16.3. The molecule has 6 atom stereocenters. The second kappa shape index (κ2) is 10.7. The summed E-state index contributed by atoms with van der Waals surface area (Å²) in [5, 5.41) is 2.74. The van der Waals surface area contributed by atoms with Crippen molar-refractivity contribution in [3.05, 3.63) is 65.7 Å². The van der Waals surface area contributed by atoms with Crippen molar-refractivity contribution in [3.8, 4) is 0 Å². The van der Waals surface area contributed by atoms with Crippen molar-refractivity contribution >= 4 is 9.84 Å². The molecule has 1 saturated carbocycles. The van der Waals surface area contributed by atoms with Crippen LogP contribution < -0.4 is 5.32 Å². The average Bonchev–Trinajstić information content (AvgIpc) is 2.89. The van der Waals surface area contributed by atoms with E-state index in [1.807, 2.05) is 49.4 Å². The molecule has 0 spiro atoms. The van der Waals surface area contributed by atoms with Gasteiger partial charge in [0.05, 0.1) is 17.5 Å². The molecule has 3 fully saturated rings. The number of nitrogens with one attached hydrogen (secondary N) is 1. The maximum Gasteiger partial charge on any atom is 0.185 e. The molecule has 1 aliphatic carbocycles. The number of aryl methyl sites for hydroxylation is 1. The summed E-state index contributed by atoms with van der Waals surface area (Å²) in [7, 11) is -2.24. The zero-order valence-electron chi connectivity index (χ0n) is 20.3. The fraction of sp³-hybridized carbons (Fsp3) is 0.556. The van der Waals surface area contributed by atoms with Gasteiger partial charge in [-0.3, -0.25) is 0 Å². The van der Waals surface area contributed by atoms with E-state index in [9.17, 15) is 8.42 Å². The molecule has 35 heavy (non-hydrogen) atoms. The van der Waals surface area contributed by atoms with E-state index in [-0.39, 0.29) is 17.5 Å². The molecule has 1 N–H and O–H groups in total. The summed E-state index contributed by atoms with van der Waals surface area (Å²) in [6.07, 6.45) is 2.82. The molecular formula is C27H35NO6S. The van der Waals surface area contributed by atoms with Crippen LogP contribution in [0.15, 0.2) is 59.5 Å². The number of hydrogen-bond donors (Lipinski definition) is 1. The highest BCUT2D eigenvalue weighted by atomic mass is 32.2. The van der Waals surface area contributed by atoms with Gasteiger partial charge in [0.15, 0.2) is 22.4 Å². The maximum atomic E-state index is 14.2. The third kappa shape index (κ3) is 5.19. The Labute approximate surface area is 208 Å². The first-order chi connectivity index (χ1) is 17.0. The van der Waals surface area contributed by atoms with Crippen LogP contribution in [0.4, 0.5) is 0 Å². The van der Waals surface area contributed by atoms with Crippen LogP contribution >= 0.6 is 0 Å². The van der Waals surface area contributed by atoms with E-state index in [1.165, 1.54) is 6.42 Å². The number of benzene rings is 2. The molecule has 2 aromatic rings. The molecular weight excluding hydrogens is 466 g/mol. The second-order valence-corrected chi connectivity index (χ2v) is 11.9. The molecule has 8 heteroatoms. The van der Waals surface area contributed by atoms with Gasteiger partial charge in [-0.25, -0.2) is 8.42 Å². The van der Waals surface area contributed by atoms with Crippen LogP contribution in [0.1, 0.15) is 49.5 Å². The lowest BCUT2D eigenvalue weighted by atomic mass is 9.92. The van der Waals surface area contributed by atoms with Crippen molar-refractivity contribution in [1.82, 2.24) is 5.32 Å². The van der Waals surface area contributed by atoms with Crippen LogP contribution in [-0.4, -0.2) is 58.0 Å². The van der Waals surface area contributed by atoms with Crippen LogP contribution in [0.3, 0.4) is 0 Å². The van der Waals surface area contributed by atoms with Crippen LogP contribution in [-0.2, 0) is 28.8 Å². The lowest BCUT2D eigenvalue weighted by Crippen LogP contribution is -2.69. The number of hydrogen-bond acceptors (Lipinski definition) is 7.